The van der Waals surface area contributed by atoms with Crippen LogP contribution in [0.25, 0.3) is 0 Å². The lowest BCUT2D eigenvalue weighted by molar-refractivity contribution is -0.126. The normalized spacial score (nSPS) is 20.4. The molecule has 1 amide bonds. The molecule has 0 aliphatic heterocycles. The zero-order chi connectivity index (χ0) is 10.4. The van der Waals surface area contributed by atoms with E-state index in [-0.39, 0.29) is 17.9 Å². The lowest BCUT2D eigenvalue weighted by Crippen LogP contribution is -2.43. The lowest BCUT2D eigenvalue weighted by atomic mass is 9.88. The summed E-state index contributed by atoms with van der Waals surface area (Å²) in [7, 11) is 0. The molecule has 3 nitrogen and oxygen atoms in total. The summed E-state index contributed by atoms with van der Waals surface area (Å²) in [6, 6.07) is 0.171. The van der Waals surface area contributed by atoms with E-state index in [1.807, 2.05) is 0 Å². The van der Waals surface area contributed by atoms with E-state index in [9.17, 15) is 4.79 Å². The van der Waals surface area contributed by atoms with Crippen LogP contribution in [0.2, 0.25) is 0 Å². The summed E-state index contributed by atoms with van der Waals surface area (Å²) in [5.74, 6) is 0.478. The van der Waals surface area contributed by atoms with Gasteiger partial charge in [-0.05, 0) is 19.3 Å². The second-order valence-electron chi connectivity index (χ2n) is 4.18. The van der Waals surface area contributed by atoms with E-state index in [0.717, 1.165) is 19.3 Å². The number of amides is 1. The first kappa shape index (κ1) is 11.5. The van der Waals surface area contributed by atoms with E-state index in [0.29, 0.717) is 6.54 Å². The van der Waals surface area contributed by atoms with Crippen molar-refractivity contribution in [3.05, 3.63) is 0 Å². The Morgan fingerprint density at radius 1 is 1.43 bits per heavy atom. The minimum absolute atomic E-state index is 0.171. The predicted molar refractivity (Wildman–Crippen MR) is 57.9 cm³/mol. The molecule has 0 aromatic heterocycles. The Balaban J connectivity index is 2.32. The van der Waals surface area contributed by atoms with E-state index < -0.39 is 0 Å². The first-order valence-corrected chi connectivity index (χ1v) is 5.78. The average molecular weight is 198 g/mol. The Bertz CT molecular complexity index is 172. The van der Waals surface area contributed by atoms with Gasteiger partial charge in [0, 0.05) is 18.5 Å². The number of hydrogen-bond donors (Lipinski definition) is 2. The highest BCUT2D eigenvalue weighted by atomic mass is 16.1. The molecule has 1 saturated carbocycles. The molecule has 1 atom stereocenters. The van der Waals surface area contributed by atoms with Crippen LogP contribution >= 0.6 is 0 Å². The Morgan fingerprint density at radius 3 is 2.57 bits per heavy atom. The number of nitrogens with two attached hydrogens (primary N) is 1. The van der Waals surface area contributed by atoms with E-state index in [4.69, 9.17) is 5.73 Å². The number of hydrogen-bond acceptors (Lipinski definition) is 2. The van der Waals surface area contributed by atoms with Crippen molar-refractivity contribution in [3.63, 3.8) is 0 Å². The van der Waals surface area contributed by atoms with Crippen LogP contribution in [0.3, 0.4) is 0 Å². The maximum absolute atomic E-state index is 11.8. The van der Waals surface area contributed by atoms with Gasteiger partial charge in [0.2, 0.25) is 5.91 Å². The molecule has 0 heterocycles. The summed E-state index contributed by atoms with van der Waals surface area (Å²) in [6.45, 7) is 2.60. The standard InChI is InChI=1S/C11H22N2O/c1-2-10(8-12)13-11(14)9-6-4-3-5-7-9/h9-10H,2-8,12H2,1H3,(H,13,14). The molecule has 0 bridgehead atoms. The number of rotatable bonds is 4. The summed E-state index contributed by atoms with van der Waals surface area (Å²) in [5, 5.41) is 3.02. The Kier molecular flexibility index (Phi) is 4.94. The van der Waals surface area contributed by atoms with Crippen molar-refractivity contribution >= 4 is 5.91 Å². The largest absolute Gasteiger partial charge is 0.352 e. The molecule has 3 heteroatoms. The fraction of sp³-hybridized carbons (Fsp3) is 0.909. The van der Waals surface area contributed by atoms with Crippen LogP contribution in [0, 0.1) is 5.92 Å². The van der Waals surface area contributed by atoms with Gasteiger partial charge in [-0.1, -0.05) is 26.2 Å². The van der Waals surface area contributed by atoms with Gasteiger partial charge in [0.1, 0.15) is 0 Å². The Hall–Kier alpha value is -0.570. The minimum Gasteiger partial charge on any atom is -0.352 e. The summed E-state index contributed by atoms with van der Waals surface area (Å²) in [4.78, 5) is 11.8. The van der Waals surface area contributed by atoms with Crippen LogP contribution in [-0.2, 0) is 4.79 Å². The average Bonchev–Trinajstić information content (AvgIpc) is 2.26. The van der Waals surface area contributed by atoms with E-state index in [2.05, 4.69) is 12.2 Å². The summed E-state index contributed by atoms with van der Waals surface area (Å²) in [6.07, 6.45) is 6.75. The summed E-state index contributed by atoms with van der Waals surface area (Å²) < 4.78 is 0. The van der Waals surface area contributed by atoms with Gasteiger partial charge in [0.05, 0.1) is 0 Å². The third-order valence-corrected chi connectivity index (χ3v) is 3.10. The molecule has 0 radical (unpaired) electrons. The molecule has 0 aromatic carbocycles. The molecule has 1 aliphatic carbocycles. The predicted octanol–water partition coefficient (Wildman–Crippen LogP) is 1.42. The number of carbonyl (C=O) groups is 1. The summed E-state index contributed by atoms with van der Waals surface area (Å²) >= 11 is 0. The van der Waals surface area contributed by atoms with Crippen molar-refractivity contribution in [2.45, 2.75) is 51.5 Å². The monoisotopic (exact) mass is 198 g/mol. The van der Waals surface area contributed by atoms with Crippen LogP contribution in [0.1, 0.15) is 45.4 Å². The van der Waals surface area contributed by atoms with E-state index >= 15 is 0 Å². The second kappa shape index (κ2) is 6.02. The lowest BCUT2D eigenvalue weighted by Gasteiger charge is -2.23. The van der Waals surface area contributed by atoms with Gasteiger partial charge < -0.3 is 11.1 Å². The van der Waals surface area contributed by atoms with Gasteiger partial charge in [-0.2, -0.15) is 0 Å². The van der Waals surface area contributed by atoms with Crippen molar-refractivity contribution in [2.24, 2.45) is 11.7 Å². The fourth-order valence-electron chi connectivity index (χ4n) is 2.01. The molecule has 0 spiro atoms. The van der Waals surface area contributed by atoms with Gasteiger partial charge in [-0.15, -0.1) is 0 Å². The van der Waals surface area contributed by atoms with Gasteiger partial charge in [-0.3, -0.25) is 4.79 Å². The summed E-state index contributed by atoms with van der Waals surface area (Å²) in [5.41, 5.74) is 5.55. The molecule has 0 saturated heterocycles. The zero-order valence-electron chi connectivity index (χ0n) is 9.09. The molecule has 3 N–H and O–H groups in total. The van der Waals surface area contributed by atoms with Gasteiger partial charge in [0.25, 0.3) is 0 Å². The fourth-order valence-corrected chi connectivity index (χ4v) is 2.01. The first-order valence-electron chi connectivity index (χ1n) is 5.78. The van der Waals surface area contributed by atoms with Crippen molar-refractivity contribution in [1.82, 2.24) is 5.32 Å². The molecule has 82 valence electrons. The molecular weight excluding hydrogens is 176 g/mol. The third kappa shape index (κ3) is 3.29. The quantitative estimate of drug-likeness (QED) is 0.718. The number of carbonyl (C=O) groups excluding carboxylic acids is 1. The molecule has 1 unspecified atom stereocenters. The molecular formula is C11H22N2O. The van der Waals surface area contributed by atoms with Crippen LogP contribution in [0.15, 0.2) is 0 Å². The smallest absolute Gasteiger partial charge is 0.223 e. The van der Waals surface area contributed by atoms with Crippen molar-refractivity contribution in [1.29, 1.82) is 0 Å². The highest BCUT2D eigenvalue weighted by molar-refractivity contribution is 5.79. The van der Waals surface area contributed by atoms with E-state index in [1.54, 1.807) is 0 Å². The highest BCUT2D eigenvalue weighted by Gasteiger charge is 2.22. The van der Waals surface area contributed by atoms with Gasteiger partial charge >= 0.3 is 0 Å². The topological polar surface area (TPSA) is 55.1 Å². The van der Waals surface area contributed by atoms with Crippen molar-refractivity contribution in [2.75, 3.05) is 6.54 Å². The van der Waals surface area contributed by atoms with Crippen molar-refractivity contribution in [3.8, 4) is 0 Å². The maximum Gasteiger partial charge on any atom is 0.223 e. The zero-order valence-corrected chi connectivity index (χ0v) is 9.09. The highest BCUT2D eigenvalue weighted by Crippen LogP contribution is 2.23. The van der Waals surface area contributed by atoms with Crippen molar-refractivity contribution < 1.29 is 4.79 Å². The molecule has 1 rings (SSSR count). The first-order chi connectivity index (χ1) is 6.77. The Labute approximate surface area is 86.4 Å². The van der Waals surface area contributed by atoms with Crippen LogP contribution in [0.4, 0.5) is 0 Å². The van der Waals surface area contributed by atoms with Gasteiger partial charge in [-0.25, -0.2) is 0 Å². The molecule has 1 fully saturated rings. The van der Waals surface area contributed by atoms with Crippen LogP contribution in [-0.4, -0.2) is 18.5 Å². The Morgan fingerprint density at radius 2 is 2.07 bits per heavy atom. The molecule has 1 aliphatic rings. The third-order valence-electron chi connectivity index (χ3n) is 3.10. The minimum atomic E-state index is 0.171. The maximum atomic E-state index is 11.8. The van der Waals surface area contributed by atoms with E-state index in [1.165, 1.54) is 19.3 Å². The van der Waals surface area contributed by atoms with Gasteiger partial charge in [0.15, 0.2) is 0 Å². The SMILES string of the molecule is CCC(CN)NC(=O)C1CCCCC1. The van der Waals surface area contributed by atoms with Crippen LogP contribution < -0.4 is 11.1 Å². The second-order valence-corrected chi connectivity index (χ2v) is 4.18. The van der Waals surface area contributed by atoms with Crippen LogP contribution in [0.5, 0.6) is 0 Å². The molecule has 14 heavy (non-hydrogen) atoms. The number of nitrogens with one attached hydrogen (secondary N) is 1. The molecule has 0 aromatic rings.